The van der Waals surface area contributed by atoms with Gasteiger partial charge in [-0.2, -0.15) is 11.3 Å². The summed E-state index contributed by atoms with van der Waals surface area (Å²) >= 11 is 1.80. The Balaban J connectivity index is 2.05. The number of rotatable bonds is 4. The van der Waals surface area contributed by atoms with Crippen LogP contribution in [0.2, 0.25) is 0 Å². The Morgan fingerprint density at radius 1 is 1.67 bits per heavy atom. The van der Waals surface area contributed by atoms with Gasteiger partial charge < -0.3 is 5.32 Å². The largest absolute Gasteiger partial charge is 0.315 e. The fraction of sp³-hybridized carbons (Fsp3) is 0.667. The van der Waals surface area contributed by atoms with Gasteiger partial charge >= 0.3 is 0 Å². The second-order valence-electron chi connectivity index (χ2n) is 4.21. The molecule has 0 bridgehead atoms. The molecule has 0 aliphatic carbocycles. The average molecular weight is 224 g/mol. The topological polar surface area (TPSA) is 15.3 Å². The van der Waals surface area contributed by atoms with Crippen LogP contribution in [0, 0.1) is 0 Å². The molecule has 1 aromatic heterocycles. The Morgan fingerprint density at radius 2 is 2.53 bits per heavy atom. The highest BCUT2D eigenvalue weighted by atomic mass is 32.1. The predicted octanol–water partition coefficient (Wildman–Crippen LogP) is 2.49. The molecule has 2 atom stereocenters. The quantitative estimate of drug-likeness (QED) is 0.845. The standard InChI is InChI=1S/C12H20N2S/c1-3-14(12-4-6-13-8-12)10(2)11-5-7-15-9-11/h5,7,9-10,12-13H,3-4,6,8H2,1-2H3. The number of hydrogen-bond donors (Lipinski definition) is 1. The minimum absolute atomic E-state index is 0.561. The minimum Gasteiger partial charge on any atom is -0.315 e. The van der Waals surface area contributed by atoms with Gasteiger partial charge in [0.1, 0.15) is 0 Å². The molecule has 1 aliphatic rings. The van der Waals surface area contributed by atoms with Crippen LogP contribution < -0.4 is 5.32 Å². The molecule has 1 aliphatic heterocycles. The first-order valence-corrected chi connectivity index (χ1v) is 6.75. The van der Waals surface area contributed by atoms with Gasteiger partial charge in [-0.05, 0) is 48.8 Å². The molecule has 0 aromatic carbocycles. The monoisotopic (exact) mass is 224 g/mol. The van der Waals surface area contributed by atoms with Gasteiger partial charge in [-0.15, -0.1) is 0 Å². The second-order valence-corrected chi connectivity index (χ2v) is 4.99. The number of nitrogens with one attached hydrogen (secondary N) is 1. The molecule has 1 fully saturated rings. The molecule has 1 N–H and O–H groups in total. The van der Waals surface area contributed by atoms with E-state index in [1.54, 1.807) is 11.3 Å². The number of hydrogen-bond acceptors (Lipinski definition) is 3. The highest BCUT2D eigenvalue weighted by molar-refractivity contribution is 7.07. The van der Waals surface area contributed by atoms with Crippen LogP contribution in [0.4, 0.5) is 0 Å². The average Bonchev–Trinajstić information content (AvgIpc) is 2.91. The summed E-state index contributed by atoms with van der Waals surface area (Å²) < 4.78 is 0. The van der Waals surface area contributed by atoms with Crippen LogP contribution in [0.25, 0.3) is 0 Å². The normalized spacial score (nSPS) is 23.5. The summed E-state index contributed by atoms with van der Waals surface area (Å²) in [6.07, 6.45) is 1.29. The van der Waals surface area contributed by atoms with E-state index in [0.717, 1.165) is 19.1 Å². The van der Waals surface area contributed by atoms with Crippen LogP contribution in [-0.2, 0) is 0 Å². The van der Waals surface area contributed by atoms with Crippen LogP contribution in [-0.4, -0.2) is 30.6 Å². The predicted molar refractivity (Wildman–Crippen MR) is 66.4 cm³/mol. The third-order valence-corrected chi connectivity index (χ3v) is 4.09. The first-order chi connectivity index (χ1) is 7.33. The highest BCUT2D eigenvalue weighted by Gasteiger charge is 2.25. The number of nitrogens with zero attached hydrogens (tertiary/aromatic N) is 1. The molecule has 2 nitrogen and oxygen atoms in total. The van der Waals surface area contributed by atoms with Crippen molar-refractivity contribution < 1.29 is 0 Å². The second kappa shape index (κ2) is 5.10. The maximum atomic E-state index is 3.45. The molecule has 0 amide bonds. The van der Waals surface area contributed by atoms with Gasteiger partial charge in [0.25, 0.3) is 0 Å². The molecule has 2 unspecified atom stereocenters. The summed E-state index contributed by atoms with van der Waals surface area (Å²) in [7, 11) is 0. The Kier molecular flexibility index (Phi) is 3.78. The van der Waals surface area contributed by atoms with Gasteiger partial charge in [-0.1, -0.05) is 6.92 Å². The molecule has 15 heavy (non-hydrogen) atoms. The van der Waals surface area contributed by atoms with E-state index in [9.17, 15) is 0 Å². The third-order valence-electron chi connectivity index (χ3n) is 3.39. The van der Waals surface area contributed by atoms with Gasteiger partial charge in [0.05, 0.1) is 0 Å². The minimum atomic E-state index is 0.561. The van der Waals surface area contributed by atoms with E-state index in [4.69, 9.17) is 0 Å². The smallest absolute Gasteiger partial charge is 0.0331 e. The summed E-state index contributed by atoms with van der Waals surface area (Å²) in [5, 5.41) is 7.89. The van der Waals surface area contributed by atoms with Crippen molar-refractivity contribution in [3.05, 3.63) is 22.4 Å². The van der Waals surface area contributed by atoms with Crippen molar-refractivity contribution in [2.75, 3.05) is 19.6 Å². The molecule has 84 valence electrons. The third kappa shape index (κ3) is 2.41. The summed E-state index contributed by atoms with van der Waals surface area (Å²) in [6.45, 7) is 8.06. The van der Waals surface area contributed by atoms with Crippen LogP contribution in [0.15, 0.2) is 16.8 Å². The number of likely N-dealkylation sites (N-methyl/N-ethyl adjacent to an activating group) is 1. The fourth-order valence-corrected chi connectivity index (χ4v) is 3.22. The van der Waals surface area contributed by atoms with E-state index in [1.807, 2.05) is 0 Å². The van der Waals surface area contributed by atoms with Gasteiger partial charge in [0, 0.05) is 18.6 Å². The molecule has 3 heteroatoms. The molecule has 0 spiro atoms. The molecular formula is C12H20N2S. The molecule has 1 aromatic rings. The zero-order chi connectivity index (χ0) is 10.7. The zero-order valence-corrected chi connectivity index (χ0v) is 10.4. The number of thiophene rings is 1. The van der Waals surface area contributed by atoms with Crippen LogP contribution in [0.3, 0.4) is 0 Å². The van der Waals surface area contributed by atoms with Crippen molar-refractivity contribution >= 4 is 11.3 Å². The summed E-state index contributed by atoms with van der Waals surface area (Å²) in [6, 6.07) is 3.54. The maximum absolute atomic E-state index is 3.45. The lowest BCUT2D eigenvalue weighted by Crippen LogP contribution is -2.38. The highest BCUT2D eigenvalue weighted by Crippen LogP contribution is 2.25. The van der Waals surface area contributed by atoms with E-state index in [1.165, 1.54) is 18.5 Å². The summed E-state index contributed by atoms with van der Waals surface area (Å²) in [5.74, 6) is 0. The molecule has 1 saturated heterocycles. The lowest BCUT2D eigenvalue weighted by Gasteiger charge is -2.32. The van der Waals surface area contributed by atoms with Gasteiger partial charge in [-0.25, -0.2) is 0 Å². The van der Waals surface area contributed by atoms with E-state index in [2.05, 4.69) is 40.9 Å². The van der Waals surface area contributed by atoms with E-state index >= 15 is 0 Å². The Hall–Kier alpha value is -0.380. The molecule has 0 saturated carbocycles. The van der Waals surface area contributed by atoms with Crippen LogP contribution >= 0.6 is 11.3 Å². The first-order valence-electron chi connectivity index (χ1n) is 5.81. The Bertz CT molecular complexity index is 278. The fourth-order valence-electron chi connectivity index (χ4n) is 2.47. The van der Waals surface area contributed by atoms with Gasteiger partial charge in [0.15, 0.2) is 0 Å². The summed E-state index contributed by atoms with van der Waals surface area (Å²) in [5.41, 5.74) is 1.47. The Labute approximate surface area is 96.3 Å². The first kappa shape index (κ1) is 11.1. The van der Waals surface area contributed by atoms with E-state index in [0.29, 0.717) is 6.04 Å². The van der Waals surface area contributed by atoms with E-state index in [-0.39, 0.29) is 0 Å². The van der Waals surface area contributed by atoms with Crippen molar-refractivity contribution in [1.29, 1.82) is 0 Å². The van der Waals surface area contributed by atoms with Crippen LogP contribution in [0.5, 0.6) is 0 Å². The molecular weight excluding hydrogens is 204 g/mol. The molecule has 2 heterocycles. The van der Waals surface area contributed by atoms with Crippen molar-refractivity contribution in [2.24, 2.45) is 0 Å². The zero-order valence-electron chi connectivity index (χ0n) is 9.57. The van der Waals surface area contributed by atoms with E-state index < -0.39 is 0 Å². The van der Waals surface area contributed by atoms with Gasteiger partial charge in [-0.3, -0.25) is 4.90 Å². The van der Waals surface area contributed by atoms with Crippen molar-refractivity contribution in [2.45, 2.75) is 32.4 Å². The van der Waals surface area contributed by atoms with Crippen molar-refractivity contribution in [3.63, 3.8) is 0 Å². The molecule has 0 radical (unpaired) electrons. The lowest BCUT2D eigenvalue weighted by atomic mass is 10.1. The maximum Gasteiger partial charge on any atom is 0.0331 e. The van der Waals surface area contributed by atoms with Crippen molar-refractivity contribution in [3.8, 4) is 0 Å². The Morgan fingerprint density at radius 3 is 3.07 bits per heavy atom. The van der Waals surface area contributed by atoms with Gasteiger partial charge in [0.2, 0.25) is 0 Å². The SMILES string of the molecule is CCN(C1CCNC1)C(C)c1ccsc1. The molecule has 2 rings (SSSR count). The lowest BCUT2D eigenvalue weighted by molar-refractivity contribution is 0.163. The summed E-state index contributed by atoms with van der Waals surface area (Å²) in [4.78, 5) is 2.61. The van der Waals surface area contributed by atoms with Crippen molar-refractivity contribution in [1.82, 2.24) is 10.2 Å². The van der Waals surface area contributed by atoms with Crippen LogP contribution in [0.1, 0.15) is 31.9 Å².